The number of allylic oxidation sites excluding steroid dienone is 1. The van der Waals surface area contributed by atoms with Gasteiger partial charge in [0.1, 0.15) is 5.78 Å². The Morgan fingerprint density at radius 1 is 0.917 bits per heavy atom. The topological polar surface area (TPSA) is 34.1 Å². The molecule has 0 radical (unpaired) electrons. The number of rotatable bonds is 6. The first-order valence-corrected chi connectivity index (χ1v) is 8.26. The molecule has 0 saturated carbocycles. The summed E-state index contributed by atoms with van der Waals surface area (Å²) in [5.41, 5.74) is 3.67. The van der Waals surface area contributed by atoms with Gasteiger partial charge < -0.3 is 4.79 Å². The molecule has 126 valence electrons. The van der Waals surface area contributed by atoms with Gasteiger partial charge >= 0.3 is 0 Å². The van der Waals surface area contributed by atoms with Crippen molar-refractivity contribution in [2.24, 2.45) is 0 Å². The molecule has 24 heavy (non-hydrogen) atoms. The van der Waals surface area contributed by atoms with E-state index in [0.717, 1.165) is 18.4 Å². The lowest BCUT2D eigenvalue weighted by atomic mass is 10.1. The highest BCUT2D eigenvalue weighted by Gasteiger charge is 1.95. The van der Waals surface area contributed by atoms with Crippen LogP contribution in [0.15, 0.2) is 60.7 Å². The zero-order chi connectivity index (χ0) is 17.8. The van der Waals surface area contributed by atoms with E-state index in [-0.39, 0.29) is 11.6 Å². The fraction of sp³-hybridized carbons (Fsp3) is 0.273. The van der Waals surface area contributed by atoms with Crippen molar-refractivity contribution in [3.63, 3.8) is 0 Å². The largest absolute Gasteiger partial charge is 0.300 e. The maximum atomic E-state index is 10.7. The summed E-state index contributed by atoms with van der Waals surface area (Å²) >= 11 is 0. The van der Waals surface area contributed by atoms with Crippen molar-refractivity contribution in [1.29, 1.82) is 0 Å². The van der Waals surface area contributed by atoms with Crippen molar-refractivity contribution in [1.82, 2.24) is 0 Å². The molecular formula is C22H26O2. The molecule has 0 aromatic heterocycles. The lowest BCUT2D eigenvalue weighted by Gasteiger charge is -2.00. The minimum atomic E-state index is 0.0776. The Bertz CT molecular complexity index is 652. The molecule has 2 aromatic carbocycles. The third-order valence-electron chi connectivity index (χ3n) is 3.42. The summed E-state index contributed by atoms with van der Waals surface area (Å²) in [6.45, 7) is 5.27. The van der Waals surface area contributed by atoms with Crippen molar-refractivity contribution in [3.05, 3.63) is 77.4 Å². The number of benzene rings is 2. The summed E-state index contributed by atoms with van der Waals surface area (Å²) in [5, 5.41) is 0. The van der Waals surface area contributed by atoms with E-state index in [1.54, 1.807) is 19.9 Å². The summed E-state index contributed by atoms with van der Waals surface area (Å²) in [6.07, 6.45) is 6.06. The van der Waals surface area contributed by atoms with Crippen LogP contribution in [0.4, 0.5) is 0 Å². The molecule has 0 saturated heterocycles. The van der Waals surface area contributed by atoms with Gasteiger partial charge in [-0.3, -0.25) is 4.79 Å². The Morgan fingerprint density at radius 3 is 2.08 bits per heavy atom. The van der Waals surface area contributed by atoms with E-state index in [0.29, 0.717) is 6.42 Å². The molecule has 2 aromatic rings. The van der Waals surface area contributed by atoms with Crippen molar-refractivity contribution in [3.8, 4) is 0 Å². The first kappa shape index (κ1) is 19.6. The molecule has 0 spiro atoms. The average molecular weight is 322 g/mol. The minimum absolute atomic E-state index is 0.0776. The van der Waals surface area contributed by atoms with E-state index in [1.165, 1.54) is 11.1 Å². The lowest BCUT2D eigenvalue weighted by molar-refractivity contribution is -0.117. The van der Waals surface area contributed by atoms with E-state index in [2.05, 4.69) is 31.2 Å². The monoisotopic (exact) mass is 322 g/mol. The summed E-state index contributed by atoms with van der Waals surface area (Å²) in [5.74, 6) is 0.362. The number of Topliss-reactive ketones (excluding diaryl/α,β-unsaturated/α-hetero) is 1. The molecular weight excluding hydrogens is 296 g/mol. The predicted molar refractivity (Wildman–Crippen MR) is 101 cm³/mol. The van der Waals surface area contributed by atoms with Gasteiger partial charge in [0.25, 0.3) is 0 Å². The Hall–Kier alpha value is -2.48. The van der Waals surface area contributed by atoms with Gasteiger partial charge in [0.2, 0.25) is 0 Å². The van der Waals surface area contributed by atoms with E-state index in [9.17, 15) is 9.59 Å². The SMILES string of the molecule is CC(=O)/C=C/c1ccccc1.CC(=O)CCCc1ccc(C)cc1. The normalized spacial score (nSPS) is 10.1. The first-order chi connectivity index (χ1) is 11.5. The van der Waals surface area contributed by atoms with Crippen LogP contribution in [0.2, 0.25) is 0 Å². The zero-order valence-electron chi connectivity index (χ0n) is 14.8. The van der Waals surface area contributed by atoms with Crippen LogP contribution in [-0.2, 0) is 16.0 Å². The van der Waals surface area contributed by atoms with Crippen LogP contribution in [0.5, 0.6) is 0 Å². The van der Waals surface area contributed by atoms with Gasteiger partial charge in [0.05, 0.1) is 0 Å². The van der Waals surface area contributed by atoms with Crippen LogP contribution in [-0.4, -0.2) is 11.6 Å². The maximum Gasteiger partial charge on any atom is 0.152 e. The average Bonchev–Trinajstić information content (AvgIpc) is 2.56. The summed E-state index contributed by atoms with van der Waals surface area (Å²) in [4.78, 5) is 21.2. The van der Waals surface area contributed by atoms with Crippen LogP contribution >= 0.6 is 0 Å². The molecule has 0 heterocycles. The van der Waals surface area contributed by atoms with E-state index in [4.69, 9.17) is 0 Å². The lowest BCUT2D eigenvalue weighted by Crippen LogP contribution is -1.92. The van der Waals surface area contributed by atoms with Crippen molar-refractivity contribution in [2.75, 3.05) is 0 Å². The fourth-order valence-corrected chi connectivity index (χ4v) is 2.07. The van der Waals surface area contributed by atoms with Gasteiger partial charge in [-0.1, -0.05) is 66.2 Å². The van der Waals surface area contributed by atoms with Crippen molar-refractivity contribution in [2.45, 2.75) is 40.0 Å². The Kier molecular flexibility index (Phi) is 9.06. The second-order valence-electron chi connectivity index (χ2n) is 5.90. The summed E-state index contributed by atoms with van der Waals surface area (Å²) < 4.78 is 0. The Morgan fingerprint density at radius 2 is 1.54 bits per heavy atom. The molecule has 0 aliphatic heterocycles. The van der Waals surface area contributed by atoms with Crippen LogP contribution in [0.1, 0.15) is 43.4 Å². The first-order valence-electron chi connectivity index (χ1n) is 8.26. The van der Waals surface area contributed by atoms with Crippen molar-refractivity contribution >= 4 is 17.6 Å². The summed E-state index contributed by atoms with van der Waals surface area (Å²) in [6, 6.07) is 18.3. The molecule has 0 unspecified atom stereocenters. The molecule has 0 aliphatic carbocycles. The molecule has 2 nitrogen and oxygen atoms in total. The minimum Gasteiger partial charge on any atom is -0.300 e. The highest BCUT2D eigenvalue weighted by Crippen LogP contribution is 2.07. The summed E-state index contributed by atoms with van der Waals surface area (Å²) in [7, 11) is 0. The second-order valence-corrected chi connectivity index (χ2v) is 5.90. The second kappa shape index (κ2) is 11.1. The zero-order valence-corrected chi connectivity index (χ0v) is 14.8. The molecule has 2 heteroatoms. The molecule has 0 N–H and O–H groups in total. The van der Waals surface area contributed by atoms with Crippen molar-refractivity contribution < 1.29 is 9.59 Å². The van der Waals surface area contributed by atoms with Crippen LogP contribution < -0.4 is 0 Å². The standard InChI is InChI=1S/C12H16O.C10H10O/c1-10-6-8-12(9-7-10)5-3-4-11(2)13;1-9(11)7-8-10-5-3-2-4-6-10/h6-9H,3-5H2,1-2H3;2-8H,1H3/b;8-7+. The van der Waals surface area contributed by atoms with Crippen LogP contribution in [0.25, 0.3) is 6.08 Å². The number of hydrogen-bond acceptors (Lipinski definition) is 2. The van der Waals surface area contributed by atoms with Gasteiger partial charge in [0.15, 0.2) is 5.78 Å². The molecule has 0 aliphatic rings. The smallest absolute Gasteiger partial charge is 0.152 e. The van der Waals surface area contributed by atoms with Crippen LogP contribution in [0.3, 0.4) is 0 Å². The fourth-order valence-electron chi connectivity index (χ4n) is 2.07. The number of carbonyl (C=O) groups is 2. The number of carbonyl (C=O) groups excluding carboxylic acids is 2. The van der Waals surface area contributed by atoms with Gasteiger partial charge in [0, 0.05) is 6.42 Å². The molecule has 0 fully saturated rings. The quantitative estimate of drug-likeness (QED) is 0.685. The number of aryl methyl sites for hydroxylation is 2. The maximum absolute atomic E-state index is 10.7. The Balaban J connectivity index is 0.000000243. The number of hydrogen-bond donors (Lipinski definition) is 0. The van der Waals surface area contributed by atoms with E-state index >= 15 is 0 Å². The van der Waals surface area contributed by atoms with Gasteiger partial charge in [-0.05, 0) is 50.8 Å². The molecule has 0 atom stereocenters. The van der Waals surface area contributed by atoms with Gasteiger partial charge in [-0.2, -0.15) is 0 Å². The van der Waals surface area contributed by atoms with Gasteiger partial charge in [-0.25, -0.2) is 0 Å². The molecule has 0 bridgehead atoms. The molecule has 2 rings (SSSR count). The highest BCUT2D eigenvalue weighted by molar-refractivity contribution is 5.91. The highest BCUT2D eigenvalue weighted by atomic mass is 16.1. The number of ketones is 2. The van der Waals surface area contributed by atoms with Gasteiger partial charge in [-0.15, -0.1) is 0 Å². The third kappa shape index (κ3) is 9.52. The Labute approximate surface area is 145 Å². The van der Waals surface area contributed by atoms with E-state index < -0.39 is 0 Å². The van der Waals surface area contributed by atoms with E-state index in [1.807, 2.05) is 36.4 Å². The third-order valence-corrected chi connectivity index (χ3v) is 3.42. The predicted octanol–water partition coefficient (Wildman–Crippen LogP) is 5.20. The molecule has 0 amide bonds. The van der Waals surface area contributed by atoms with Crippen LogP contribution in [0, 0.1) is 6.92 Å².